The molecule has 1 heterocycles. The van der Waals surface area contributed by atoms with Crippen molar-refractivity contribution in [1.29, 1.82) is 0 Å². The largest absolute Gasteiger partial charge is 0.497 e. The number of rotatable bonds is 6. The van der Waals surface area contributed by atoms with E-state index < -0.39 is 0 Å². The summed E-state index contributed by atoms with van der Waals surface area (Å²) in [6.07, 6.45) is 4.51. The van der Waals surface area contributed by atoms with Crippen molar-refractivity contribution in [2.45, 2.75) is 38.3 Å². The number of anilines is 1. The van der Waals surface area contributed by atoms with Crippen molar-refractivity contribution in [2.75, 3.05) is 19.5 Å². The van der Waals surface area contributed by atoms with Crippen LogP contribution < -0.4 is 14.8 Å². The summed E-state index contributed by atoms with van der Waals surface area (Å²) in [7, 11) is 3.20. The first-order valence-electron chi connectivity index (χ1n) is 8.53. The quantitative estimate of drug-likeness (QED) is 0.809. The van der Waals surface area contributed by atoms with Gasteiger partial charge in [0.1, 0.15) is 11.5 Å². The fourth-order valence-electron chi connectivity index (χ4n) is 3.24. The van der Waals surface area contributed by atoms with Crippen LogP contribution in [0.3, 0.4) is 0 Å². The molecule has 0 unspecified atom stereocenters. The molecule has 2 amide bonds. The van der Waals surface area contributed by atoms with Crippen LogP contribution in [0.5, 0.6) is 11.5 Å². The molecule has 2 aromatic rings. The first-order valence-corrected chi connectivity index (χ1v) is 9.41. The molecular weight excluding hydrogens is 336 g/mol. The van der Waals surface area contributed by atoms with Crippen LogP contribution in [0.25, 0.3) is 0 Å². The Hall–Kier alpha value is -2.21. The summed E-state index contributed by atoms with van der Waals surface area (Å²) in [6, 6.07) is 9.72. The molecule has 1 aliphatic rings. The minimum atomic E-state index is -0.0798. The van der Waals surface area contributed by atoms with Crippen molar-refractivity contribution in [3.8, 4) is 11.5 Å². The molecule has 0 atom stereocenters. The van der Waals surface area contributed by atoms with Gasteiger partial charge in [-0.05, 0) is 36.4 Å². The van der Waals surface area contributed by atoms with Crippen LogP contribution in [-0.4, -0.2) is 31.2 Å². The van der Waals surface area contributed by atoms with E-state index in [-0.39, 0.29) is 6.03 Å². The van der Waals surface area contributed by atoms with Gasteiger partial charge in [-0.1, -0.05) is 18.9 Å². The first-order chi connectivity index (χ1) is 12.2. The summed E-state index contributed by atoms with van der Waals surface area (Å²) in [5.41, 5.74) is 0.655. The lowest BCUT2D eigenvalue weighted by atomic mass is 10.2. The molecule has 3 rings (SSSR count). The molecule has 0 radical (unpaired) electrons. The summed E-state index contributed by atoms with van der Waals surface area (Å²) in [4.78, 5) is 16.1. The number of methoxy groups -OCH3 is 2. The van der Waals surface area contributed by atoms with Gasteiger partial charge >= 0.3 is 6.03 Å². The van der Waals surface area contributed by atoms with E-state index in [2.05, 4.69) is 11.4 Å². The molecule has 1 aromatic heterocycles. The Kier molecular flexibility index (Phi) is 5.81. The van der Waals surface area contributed by atoms with Gasteiger partial charge in [0, 0.05) is 17.0 Å². The predicted octanol–water partition coefficient (Wildman–Crippen LogP) is 4.74. The fraction of sp³-hybridized carbons (Fsp3) is 0.421. The third kappa shape index (κ3) is 4.25. The van der Waals surface area contributed by atoms with Gasteiger partial charge in [-0.15, -0.1) is 11.3 Å². The second kappa shape index (κ2) is 8.25. The lowest BCUT2D eigenvalue weighted by Gasteiger charge is -2.29. The van der Waals surface area contributed by atoms with Gasteiger partial charge in [-0.2, -0.15) is 0 Å². The minimum Gasteiger partial charge on any atom is -0.497 e. The maximum atomic E-state index is 13.0. The maximum Gasteiger partial charge on any atom is 0.322 e. The van der Waals surface area contributed by atoms with Crippen LogP contribution in [0.1, 0.15) is 30.6 Å². The maximum absolute atomic E-state index is 13.0. The highest BCUT2D eigenvalue weighted by Crippen LogP contribution is 2.31. The van der Waals surface area contributed by atoms with Crippen molar-refractivity contribution < 1.29 is 14.3 Å². The average molecular weight is 360 g/mol. The van der Waals surface area contributed by atoms with Gasteiger partial charge < -0.3 is 19.7 Å². The third-order valence-corrected chi connectivity index (χ3v) is 5.44. The molecule has 5 nitrogen and oxygen atoms in total. The zero-order valence-corrected chi connectivity index (χ0v) is 15.5. The molecular formula is C19H24N2O3S. The third-order valence-electron chi connectivity index (χ3n) is 4.58. The smallest absolute Gasteiger partial charge is 0.322 e. The van der Waals surface area contributed by atoms with E-state index in [0.717, 1.165) is 12.8 Å². The van der Waals surface area contributed by atoms with E-state index in [1.807, 2.05) is 28.5 Å². The number of urea groups is 1. The summed E-state index contributed by atoms with van der Waals surface area (Å²) < 4.78 is 10.6. The zero-order valence-electron chi connectivity index (χ0n) is 14.7. The van der Waals surface area contributed by atoms with Crippen molar-refractivity contribution in [1.82, 2.24) is 4.90 Å². The van der Waals surface area contributed by atoms with Crippen LogP contribution in [0.15, 0.2) is 35.7 Å². The zero-order chi connectivity index (χ0) is 17.6. The minimum absolute atomic E-state index is 0.0798. The van der Waals surface area contributed by atoms with Crippen molar-refractivity contribution in [3.05, 3.63) is 40.6 Å². The molecule has 0 aliphatic heterocycles. The molecule has 1 N–H and O–H groups in total. The van der Waals surface area contributed by atoms with Crippen LogP contribution in [0, 0.1) is 0 Å². The first kappa shape index (κ1) is 17.6. The van der Waals surface area contributed by atoms with Crippen molar-refractivity contribution in [2.24, 2.45) is 0 Å². The van der Waals surface area contributed by atoms with E-state index in [1.165, 1.54) is 17.7 Å². The van der Waals surface area contributed by atoms with Gasteiger partial charge in [0.05, 0.1) is 26.5 Å². The Labute approximate surface area is 152 Å². The Morgan fingerprint density at radius 1 is 1.24 bits per heavy atom. The number of carbonyl (C=O) groups is 1. The standard InChI is InChI=1S/C19H24N2O3S/c1-23-15-9-10-17(18(12-15)24-2)20-19(22)21(14-6-3-4-7-14)13-16-8-5-11-25-16/h5,8-12,14H,3-4,6-7,13H2,1-2H3,(H,20,22). The number of hydrogen-bond acceptors (Lipinski definition) is 4. The van der Waals surface area contributed by atoms with Gasteiger partial charge in [-0.25, -0.2) is 4.79 Å². The molecule has 134 valence electrons. The summed E-state index contributed by atoms with van der Waals surface area (Å²) in [5, 5.41) is 5.06. The van der Waals surface area contributed by atoms with E-state index in [0.29, 0.717) is 29.8 Å². The summed E-state index contributed by atoms with van der Waals surface area (Å²) in [5.74, 6) is 1.29. The molecule has 1 aromatic carbocycles. The van der Waals surface area contributed by atoms with Crippen LogP contribution in [0.2, 0.25) is 0 Å². The lowest BCUT2D eigenvalue weighted by molar-refractivity contribution is 0.185. The second-order valence-corrected chi connectivity index (χ2v) is 7.17. The Balaban J connectivity index is 1.77. The van der Waals surface area contributed by atoms with Crippen LogP contribution in [-0.2, 0) is 6.54 Å². The predicted molar refractivity (Wildman–Crippen MR) is 101 cm³/mol. The SMILES string of the molecule is COc1ccc(NC(=O)N(Cc2cccs2)C2CCCC2)c(OC)c1. The van der Waals surface area contributed by atoms with E-state index in [9.17, 15) is 4.79 Å². The molecule has 25 heavy (non-hydrogen) atoms. The number of nitrogens with one attached hydrogen (secondary N) is 1. The average Bonchev–Trinajstić information content (AvgIpc) is 3.33. The number of benzene rings is 1. The van der Waals surface area contributed by atoms with Crippen molar-refractivity contribution in [3.63, 3.8) is 0 Å². The molecule has 0 bridgehead atoms. The number of amides is 2. The van der Waals surface area contributed by atoms with Gasteiger partial charge in [-0.3, -0.25) is 0 Å². The van der Waals surface area contributed by atoms with Gasteiger partial charge in [0.25, 0.3) is 0 Å². The van der Waals surface area contributed by atoms with Gasteiger partial charge in [0.2, 0.25) is 0 Å². The number of thiophene rings is 1. The Morgan fingerprint density at radius 2 is 2.04 bits per heavy atom. The highest BCUT2D eigenvalue weighted by atomic mass is 32.1. The topological polar surface area (TPSA) is 50.8 Å². The summed E-state index contributed by atoms with van der Waals surface area (Å²) in [6.45, 7) is 0.645. The monoisotopic (exact) mass is 360 g/mol. The molecule has 1 aliphatic carbocycles. The lowest BCUT2D eigenvalue weighted by Crippen LogP contribution is -2.41. The Morgan fingerprint density at radius 3 is 2.68 bits per heavy atom. The number of hydrogen-bond donors (Lipinski definition) is 1. The van der Waals surface area contributed by atoms with Crippen LogP contribution in [0.4, 0.5) is 10.5 Å². The number of nitrogens with zero attached hydrogens (tertiary/aromatic N) is 1. The fourth-order valence-corrected chi connectivity index (χ4v) is 3.94. The Bertz CT molecular complexity index is 697. The van der Waals surface area contributed by atoms with Gasteiger partial charge in [0.15, 0.2) is 0 Å². The van der Waals surface area contributed by atoms with E-state index in [4.69, 9.17) is 9.47 Å². The molecule has 0 saturated heterocycles. The summed E-state index contributed by atoms with van der Waals surface area (Å²) >= 11 is 1.68. The normalized spacial score (nSPS) is 14.3. The molecule has 0 spiro atoms. The molecule has 1 saturated carbocycles. The van der Waals surface area contributed by atoms with Crippen LogP contribution >= 0.6 is 11.3 Å². The molecule has 6 heteroatoms. The van der Waals surface area contributed by atoms with E-state index in [1.54, 1.807) is 31.6 Å². The van der Waals surface area contributed by atoms with E-state index >= 15 is 0 Å². The number of carbonyl (C=O) groups excluding carboxylic acids is 1. The highest BCUT2D eigenvalue weighted by molar-refractivity contribution is 7.09. The van der Waals surface area contributed by atoms with Crippen molar-refractivity contribution >= 4 is 23.1 Å². The highest BCUT2D eigenvalue weighted by Gasteiger charge is 2.27. The second-order valence-electron chi connectivity index (χ2n) is 6.14. The number of ether oxygens (including phenoxy) is 2. The molecule has 1 fully saturated rings.